The highest BCUT2D eigenvalue weighted by Crippen LogP contribution is 2.27. The number of ether oxygens (including phenoxy) is 1. The van der Waals surface area contributed by atoms with Gasteiger partial charge in [-0.1, -0.05) is 18.2 Å². The Balaban J connectivity index is 1.67. The predicted octanol–water partition coefficient (Wildman–Crippen LogP) is 3.22. The van der Waals surface area contributed by atoms with Gasteiger partial charge < -0.3 is 10.1 Å². The molecular weight excluding hydrogens is 343 g/mol. The Morgan fingerprint density at radius 2 is 2.00 bits per heavy atom. The molecule has 0 saturated heterocycles. The number of hydrogen-bond donors (Lipinski definition) is 1. The second-order valence-electron chi connectivity index (χ2n) is 5.20. The molecule has 0 unspecified atom stereocenters. The number of nitrogens with zero attached hydrogens (tertiary/aromatic N) is 3. The summed E-state index contributed by atoms with van der Waals surface area (Å²) in [7, 11) is 0. The number of nitrogens with one attached hydrogen (secondary N) is 1. The summed E-state index contributed by atoms with van der Waals surface area (Å²) in [5.41, 5.74) is 0.408. The first-order valence-corrected chi connectivity index (χ1v) is 7.49. The first-order valence-electron chi connectivity index (χ1n) is 7.49. The molecule has 0 aliphatic heterocycles. The lowest BCUT2D eigenvalue weighted by atomic mass is 10.3. The average molecular weight is 356 g/mol. The number of nitro groups is 1. The van der Waals surface area contributed by atoms with Gasteiger partial charge in [-0.25, -0.2) is 9.07 Å². The monoisotopic (exact) mass is 356 g/mol. The minimum absolute atomic E-state index is 0.145. The molecular formula is C17H13FN4O4. The lowest BCUT2D eigenvalue weighted by Gasteiger charge is -2.07. The zero-order valence-corrected chi connectivity index (χ0v) is 13.3. The minimum atomic E-state index is -0.670. The fourth-order valence-corrected chi connectivity index (χ4v) is 2.16. The average Bonchev–Trinajstić information content (AvgIpc) is 3.10. The predicted molar refractivity (Wildman–Crippen MR) is 90.3 cm³/mol. The minimum Gasteiger partial charge on any atom is -0.464 e. The molecule has 3 rings (SSSR count). The lowest BCUT2D eigenvalue weighted by molar-refractivity contribution is -0.386. The summed E-state index contributed by atoms with van der Waals surface area (Å²) in [6, 6.07) is 13.3. The number of aromatic nitrogens is 2. The fraction of sp³-hybridized carbons (Fsp3) is 0.0588. The van der Waals surface area contributed by atoms with E-state index in [2.05, 4.69) is 10.4 Å². The van der Waals surface area contributed by atoms with Gasteiger partial charge in [0, 0.05) is 24.0 Å². The van der Waals surface area contributed by atoms with Crippen molar-refractivity contribution in [3.8, 4) is 5.75 Å². The second kappa shape index (κ2) is 7.43. The Morgan fingerprint density at radius 1 is 1.23 bits per heavy atom. The number of anilines is 1. The van der Waals surface area contributed by atoms with Crippen molar-refractivity contribution in [2.75, 3.05) is 5.32 Å². The van der Waals surface area contributed by atoms with Crippen LogP contribution in [0.1, 0.15) is 10.5 Å². The Hall–Kier alpha value is -3.75. The van der Waals surface area contributed by atoms with E-state index in [1.165, 1.54) is 16.9 Å². The summed E-state index contributed by atoms with van der Waals surface area (Å²) in [5, 5.41) is 17.7. The Kier molecular flexibility index (Phi) is 4.88. The smallest absolute Gasteiger partial charge is 0.311 e. The number of amides is 1. The Morgan fingerprint density at radius 3 is 2.73 bits per heavy atom. The molecule has 0 fully saturated rings. The highest BCUT2D eigenvalue weighted by Gasteiger charge is 2.16. The molecule has 26 heavy (non-hydrogen) atoms. The van der Waals surface area contributed by atoms with Crippen LogP contribution in [0.2, 0.25) is 0 Å². The van der Waals surface area contributed by atoms with Crippen LogP contribution in [0.4, 0.5) is 15.8 Å². The van der Waals surface area contributed by atoms with Crippen molar-refractivity contribution >= 4 is 17.3 Å². The van der Waals surface area contributed by atoms with Crippen molar-refractivity contribution in [1.29, 1.82) is 0 Å². The molecule has 0 aliphatic carbocycles. The van der Waals surface area contributed by atoms with Crippen LogP contribution in [0.3, 0.4) is 0 Å². The van der Waals surface area contributed by atoms with Crippen LogP contribution >= 0.6 is 0 Å². The van der Waals surface area contributed by atoms with Gasteiger partial charge in [0.25, 0.3) is 5.91 Å². The van der Waals surface area contributed by atoms with Crippen molar-refractivity contribution < 1.29 is 18.8 Å². The maximum atomic E-state index is 13.3. The molecule has 1 aromatic heterocycles. The molecule has 0 saturated carbocycles. The maximum absolute atomic E-state index is 13.3. The van der Waals surface area contributed by atoms with Gasteiger partial charge in [-0.05, 0) is 24.3 Å². The summed E-state index contributed by atoms with van der Waals surface area (Å²) < 4.78 is 19.8. The first kappa shape index (κ1) is 17.1. The van der Waals surface area contributed by atoms with E-state index >= 15 is 0 Å². The molecule has 0 atom stereocenters. The number of para-hydroxylation sites is 1. The van der Waals surface area contributed by atoms with E-state index in [1.807, 2.05) is 6.07 Å². The van der Waals surface area contributed by atoms with Gasteiger partial charge in [-0.15, -0.1) is 0 Å². The third-order valence-electron chi connectivity index (χ3n) is 3.38. The highest BCUT2D eigenvalue weighted by atomic mass is 19.1. The summed E-state index contributed by atoms with van der Waals surface area (Å²) in [4.78, 5) is 22.4. The highest BCUT2D eigenvalue weighted by molar-refractivity contribution is 6.02. The molecule has 0 aliphatic rings. The van der Waals surface area contributed by atoms with Crippen molar-refractivity contribution in [1.82, 2.24) is 9.78 Å². The van der Waals surface area contributed by atoms with Crippen molar-refractivity contribution in [3.63, 3.8) is 0 Å². The third-order valence-corrected chi connectivity index (χ3v) is 3.38. The largest absolute Gasteiger partial charge is 0.464 e. The molecule has 0 radical (unpaired) electrons. The van der Waals surface area contributed by atoms with Crippen LogP contribution in [0.5, 0.6) is 5.75 Å². The molecule has 9 heteroatoms. The van der Waals surface area contributed by atoms with Gasteiger partial charge in [0.2, 0.25) is 5.75 Å². The number of rotatable bonds is 6. The van der Waals surface area contributed by atoms with E-state index in [4.69, 9.17) is 4.74 Å². The van der Waals surface area contributed by atoms with Crippen molar-refractivity contribution in [3.05, 3.63) is 82.4 Å². The van der Waals surface area contributed by atoms with Crippen LogP contribution in [0.15, 0.2) is 60.8 Å². The molecule has 0 bridgehead atoms. The van der Waals surface area contributed by atoms with E-state index in [9.17, 15) is 19.3 Å². The SMILES string of the molecule is O=C(Nc1ccccc1)c1ccn(COc2cc(F)ccc2[N+](=O)[O-])n1. The second-order valence-corrected chi connectivity index (χ2v) is 5.20. The molecule has 132 valence electrons. The van der Waals surface area contributed by atoms with Gasteiger partial charge in [0.05, 0.1) is 4.92 Å². The topological polar surface area (TPSA) is 99.3 Å². The van der Waals surface area contributed by atoms with Crippen LogP contribution in [0.25, 0.3) is 0 Å². The van der Waals surface area contributed by atoms with E-state index < -0.39 is 16.6 Å². The summed E-state index contributed by atoms with van der Waals surface area (Å²) in [5.74, 6) is -1.29. The van der Waals surface area contributed by atoms with Crippen molar-refractivity contribution in [2.45, 2.75) is 6.73 Å². The first-order chi connectivity index (χ1) is 12.5. The van der Waals surface area contributed by atoms with Gasteiger partial charge in [0.1, 0.15) is 5.82 Å². The molecule has 8 nitrogen and oxygen atoms in total. The van der Waals surface area contributed by atoms with Crippen LogP contribution in [-0.4, -0.2) is 20.6 Å². The number of halogens is 1. The molecule has 3 aromatic rings. The van der Waals surface area contributed by atoms with E-state index in [1.54, 1.807) is 24.3 Å². The van der Waals surface area contributed by atoms with E-state index in [0.29, 0.717) is 5.69 Å². The number of carbonyl (C=O) groups excluding carboxylic acids is 1. The molecule has 1 amide bonds. The van der Waals surface area contributed by atoms with Crippen molar-refractivity contribution in [2.24, 2.45) is 0 Å². The number of carbonyl (C=O) groups is 1. The quantitative estimate of drug-likeness (QED) is 0.540. The zero-order chi connectivity index (χ0) is 18.5. The molecule has 2 aromatic carbocycles. The van der Waals surface area contributed by atoms with E-state index in [-0.39, 0.29) is 23.9 Å². The van der Waals surface area contributed by atoms with Gasteiger partial charge in [-0.2, -0.15) is 5.10 Å². The number of benzene rings is 2. The van der Waals surface area contributed by atoms with E-state index in [0.717, 1.165) is 18.2 Å². The third kappa shape index (κ3) is 4.01. The molecule has 1 N–H and O–H groups in total. The summed E-state index contributed by atoms with van der Waals surface area (Å²) in [6.45, 7) is -0.219. The normalized spacial score (nSPS) is 10.3. The Labute approximate surface area is 147 Å². The molecule has 0 spiro atoms. The van der Waals surface area contributed by atoms with Gasteiger partial charge in [0.15, 0.2) is 12.4 Å². The number of nitro benzene ring substituents is 1. The zero-order valence-electron chi connectivity index (χ0n) is 13.3. The van der Waals surface area contributed by atoms with Gasteiger partial charge in [-0.3, -0.25) is 14.9 Å². The molecule has 1 heterocycles. The maximum Gasteiger partial charge on any atom is 0.311 e. The number of hydrogen-bond acceptors (Lipinski definition) is 5. The van der Waals surface area contributed by atoms with Gasteiger partial charge >= 0.3 is 5.69 Å². The standard InChI is InChI=1S/C17H13FN4O4/c18-12-6-7-15(22(24)25)16(10-12)26-11-21-9-8-14(20-21)17(23)19-13-4-2-1-3-5-13/h1-10H,11H2,(H,19,23). The Bertz CT molecular complexity index is 943. The summed E-state index contributed by atoms with van der Waals surface area (Å²) in [6.07, 6.45) is 1.48. The van der Waals surface area contributed by atoms with Crippen LogP contribution < -0.4 is 10.1 Å². The lowest BCUT2D eigenvalue weighted by Crippen LogP contribution is -2.14. The van der Waals surface area contributed by atoms with Crippen LogP contribution in [0, 0.1) is 15.9 Å². The fourth-order valence-electron chi connectivity index (χ4n) is 2.16. The van der Waals surface area contributed by atoms with Crippen LogP contribution in [-0.2, 0) is 6.73 Å². The summed E-state index contributed by atoms with van der Waals surface area (Å²) >= 11 is 0.